The normalized spacial score (nSPS) is 15.5. The van der Waals surface area contributed by atoms with Gasteiger partial charge in [-0.25, -0.2) is 8.42 Å². The van der Waals surface area contributed by atoms with Crippen LogP contribution in [0.2, 0.25) is 5.02 Å². The fraction of sp³-hybridized carbons (Fsp3) is 0.458. The van der Waals surface area contributed by atoms with E-state index in [1.165, 1.54) is 26.4 Å². The number of nitrogens with zero attached hydrogens (tertiary/aromatic N) is 1. The van der Waals surface area contributed by atoms with Crippen LogP contribution >= 0.6 is 11.6 Å². The number of rotatable bonds is 7. The summed E-state index contributed by atoms with van der Waals surface area (Å²) < 4.78 is 33.9. The molecule has 0 saturated heterocycles. The minimum absolute atomic E-state index is 0.0219. The highest BCUT2D eigenvalue weighted by Gasteiger charge is 2.30. The highest BCUT2D eigenvalue weighted by atomic mass is 35.5. The second-order valence-corrected chi connectivity index (χ2v) is 10.5. The predicted molar refractivity (Wildman–Crippen MR) is 128 cm³/mol. The van der Waals surface area contributed by atoms with E-state index < -0.39 is 10.0 Å². The largest absolute Gasteiger partial charge is 0.495 e. The molecule has 1 fully saturated rings. The Kier molecular flexibility index (Phi) is 8.43. The Hall–Kier alpha value is -2.25. The second-order valence-electron chi connectivity index (χ2n) is 8.25. The van der Waals surface area contributed by atoms with E-state index in [9.17, 15) is 13.2 Å². The Morgan fingerprint density at radius 2 is 1.69 bits per heavy atom. The van der Waals surface area contributed by atoms with Crippen LogP contribution in [0.1, 0.15) is 50.5 Å². The zero-order valence-electron chi connectivity index (χ0n) is 18.6. The number of carbonyl (C=O) groups excluding carboxylic acids is 1. The van der Waals surface area contributed by atoms with Gasteiger partial charge in [-0.15, -0.1) is 0 Å². The van der Waals surface area contributed by atoms with Crippen molar-refractivity contribution in [3.63, 3.8) is 0 Å². The van der Waals surface area contributed by atoms with Crippen molar-refractivity contribution in [3.05, 3.63) is 53.1 Å². The van der Waals surface area contributed by atoms with Gasteiger partial charge in [-0.3, -0.25) is 9.10 Å². The third kappa shape index (κ3) is 6.17. The number of halogens is 1. The number of hydrogen-bond acceptors (Lipinski definition) is 4. The summed E-state index contributed by atoms with van der Waals surface area (Å²) in [5, 5.41) is 3.54. The standard InChI is InChI=1S/C24H31ClN2O4S/c1-18-10-15-22(31-2)23(16-18)32(29,30)27(21-13-11-19(25)12-14-21)17-24(28)26-20-8-6-4-3-5-7-9-20/h10-16,20H,3-9,17H2,1-2H3,(H,26,28). The van der Waals surface area contributed by atoms with Gasteiger partial charge in [0.15, 0.2) is 0 Å². The van der Waals surface area contributed by atoms with Gasteiger partial charge in [-0.2, -0.15) is 0 Å². The Labute approximate surface area is 196 Å². The first-order valence-electron chi connectivity index (χ1n) is 11.0. The average molecular weight is 479 g/mol. The summed E-state index contributed by atoms with van der Waals surface area (Å²) in [4.78, 5) is 13.0. The van der Waals surface area contributed by atoms with E-state index in [1.807, 2.05) is 6.92 Å². The number of hydrogen-bond donors (Lipinski definition) is 1. The zero-order valence-corrected chi connectivity index (χ0v) is 20.2. The van der Waals surface area contributed by atoms with Gasteiger partial charge in [0.25, 0.3) is 10.0 Å². The summed E-state index contributed by atoms with van der Waals surface area (Å²) in [7, 11) is -2.65. The van der Waals surface area contributed by atoms with E-state index in [0.717, 1.165) is 35.6 Å². The highest BCUT2D eigenvalue weighted by Crippen LogP contribution is 2.31. The lowest BCUT2D eigenvalue weighted by atomic mass is 9.97. The zero-order chi connectivity index (χ0) is 23.1. The lowest BCUT2D eigenvalue weighted by Gasteiger charge is -2.27. The summed E-state index contributed by atoms with van der Waals surface area (Å²) in [6.07, 6.45) is 7.57. The number of carbonyl (C=O) groups is 1. The molecule has 8 heteroatoms. The van der Waals surface area contributed by atoms with Gasteiger partial charge < -0.3 is 10.1 Å². The number of benzene rings is 2. The predicted octanol–water partition coefficient (Wildman–Crippen LogP) is 5.08. The Bertz CT molecular complexity index is 1020. The van der Waals surface area contributed by atoms with Crippen molar-refractivity contribution in [3.8, 4) is 5.75 Å². The van der Waals surface area contributed by atoms with Crippen molar-refractivity contribution in [2.45, 2.75) is 62.8 Å². The molecule has 32 heavy (non-hydrogen) atoms. The molecule has 0 unspecified atom stereocenters. The topological polar surface area (TPSA) is 75.7 Å². The quantitative estimate of drug-likeness (QED) is 0.602. The first-order chi connectivity index (χ1) is 15.3. The van der Waals surface area contributed by atoms with Gasteiger partial charge in [0.1, 0.15) is 17.2 Å². The van der Waals surface area contributed by atoms with Crippen molar-refractivity contribution in [2.75, 3.05) is 18.0 Å². The first-order valence-corrected chi connectivity index (χ1v) is 12.9. The fourth-order valence-corrected chi connectivity index (χ4v) is 5.82. The van der Waals surface area contributed by atoms with Crippen LogP contribution in [0, 0.1) is 6.92 Å². The van der Waals surface area contributed by atoms with E-state index in [1.54, 1.807) is 42.5 Å². The van der Waals surface area contributed by atoms with E-state index in [-0.39, 0.29) is 29.1 Å². The summed E-state index contributed by atoms with van der Waals surface area (Å²) in [5.41, 5.74) is 1.14. The number of aryl methyl sites for hydroxylation is 1. The molecule has 0 heterocycles. The minimum Gasteiger partial charge on any atom is -0.495 e. The fourth-order valence-electron chi connectivity index (χ4n) is 4.03. The lowest BCUT2D eigenvalue weighted by Crippen LogP contribution is -2.44. The molecule has 1 aliphatic rings. The molecule has 0 atom stereocenters. The summed E-state index contributed by atoms with van der Waals surface area (Å²) in [5.74, 6) is -0.0873. The third-order valence-corrected chi connectivity index (χ3v) is 7.81. The first kappa shape index (κ1) is 24.4. The molecule has 1 saturated carbocycles. The van der Waals surface area contributed by atoms with E-state index in [2.05, 4.69) is 5.32 Å². The van der Waals surface area contributed by atoms with Crippen LogP contribution in [0.3, 0.4) is 0 Å². The van der Waals surface area contributed by atoms with Crippen LogP contribution in [-0.4, -0.2) is 34.0 Å². The number of sulfonamides is 1. The maximum Gasteiger partial charge on any atom is 0.268 e. The molecule has 2 aromatic rings. The van der Waals surface area contributed by atoms with Crippen LogP contribution in [0.5, 0.6) is 5.75 Å². The molecule has 0 spiro atoms. The van der Waals surface area contributed by atoms with Crippen molar-refractivity contribution >= 4 is 33.2 Å². The van der Waals surface area contributed by atoms with E-state index >= 15 is 0 Å². The SMILES string of the molecule is COc1ccc(C)cc1S(=O)(=O)N(CC(=O)NC1CCCCCCC1)c1ccc(Cl)cc1. The maximum atomic E-state index is 13.7. The number of methoxy groups -OCH3 is 1. The summed E-state index contributed by atoms with van der Waals surface area (Å²) in [6, 6.07) is 11.5. The molecule has 0 aromatic heterocycles. The monoisotopic (exact) mass is 478 g/mol. The number of anilines is 1. The molecule has 1 aliphatic carbocycles. The number of amides is 1. The molecular formula is C24H31ClN2O4S. The smallest absolute Gasteiger partial charge is 0.268 e. The van der Waals surface area contributed by atoms with Gasteiger partial charge in [0.2, 0.25) is 5.91 Å². The Balaban J connectivity index is 1.91. The average Bonchev–Trinajstić information content (AvgIpc) is 2.74. The van der Waals surface area contributed by atoms with Gasteiger partial charge in [-0.05, 0) is 61.7 Å². The van der Waals surface area contributed by atoms with Gasteiger partial charge in [0, 0.05) is 11.1 Å². The Morgan fingerprint density at radius 1 is 1.06 bits per heavy atom. The summed E-state index contributed by atoms with van der Waals surface area (Å²) >= 11 is 6.01. The van der Waals surface area contributed by atoms with Crippen molar-refractivity contribution in [1.29, 1.82) is 0 Å². The molecule has 3 rings (SSSR count). The van der Waals surface area contributed by atoms with Gasteiger partial charge >= 0.3 is 0 Å². The molecule has 0 radical (unpaired) electrons. The van der Waals surface area contributed by atoms with Crippen LogP contribution < -0.4 is 14.4 Å². The maximum absolute atomic E-state index is 13.7. The van der Waals surface area contributed by atoms with E-state index in [4.69, 9.17) is 16.3 Å². The van der Waals surface area contributed by atoms with Crippen LogP contribution in [0.4, 0.5) is 5.69 Å². The third-order valence-electron chi connectivity index (χ3n) is 5.76. The van der Waals surface area contributed by atoms with Crippen molar-refractivity contribution in [2.24, 2.45) is 0 Å². The molecule has 174 valence electrons. The van der Waals surface area contributed by atoms with Crippen LogP contribution in [0.25, 0.3) is 0 Å². The van der Waals surface area contributed by atoms with Crippen LogP contribution in [-0.2, 0) is 14.8 Å². The second kappa shape index (κ2) is 11.1. The van der Waals surface area contributed by atoms with Gasteiger partial charge in [0.05, 0.1) is 12.8 Å². The number of ether oxygens (including phenoxy) is 1. The molecule has 0 aliphatic heterocycles. The van der Waals surface area contributed by atoms with E-state index in [0.29, 0.717) is 10.7 Å². The molecule has 1 N–H and O–H groups in total. The molecule has 0 bridgehead atoms. The van der Waals surface area contributed by atoms with Crippen molar-refractivity contribution in [1.82, 2.24) is 5.32 Å². The Morgan fingerprint density at radius 3 is 2.31 bits per heavy atom. The minimum atomic E-state index is -4.08. The van der Waals surface area contributed by atoms with Crippen molar-refractivity contribution < 1.29 is 17.9 Å². The summed E-state index contributed by atoms with van der Waals surface area (Å²) in [6.45, 7) is 1.49. The van der Waals surface area contributed by atoms with Crippen LogP contribution in [0.15, 0.2) is 47.4 Å². The molecule has 6 nitrogen and oxygen atoms in total. The number of nitrogens with one attached hydrogen (secondary N) is 1. The highest BCUT2D eigenvalue weighted by molar-refractivity contribution is 7.93. The lowest BCUT2D eigenvalue weighted by molar-refractivity contribution is -0.120. The molecular weight excluding hydrogens is 448 g/mol. The molecule has 2 aromatic carbocycles. The van der Waals surface area contributed by atoms with Gasteiger partial charge in [-0.1, -0.05) is 49.8 Å². The molecule has 1 amide bonds.